The largest absolute Gasteiger partial charge is 0.456 e. The summed E-state index contributed by atoms with van der Waals surface area (Å²) in [6.45, 7) is 54.0. The lowest BCUT2D eigenvalue weighted by Crippen LogP contribution is -2.13. The van der Waals surface area contributed by atoms with E-state index < -0.39 is 0 Å². The Morgan fingerprint density at radius 3 is 1.05 bits per heavy atom. The van der Waals surface area contributed by atoms with E-state index in [0.717, 1.165) is 33.5 Å². The Bertz CT molecular complexity index is 6060. The molecule has 6 heterocycles. The maximum atomic E-state index is 6.02. The van der Waals surface area contributed by atoms with E-state index in [2.05, 4.69) is 348 Å². The zero-order chi connectivity index (χ0) is 77.5. The lowest BCUT2D eigenvalue weighted by molar-refractivity contribution is 0.582. The third-order valence-corrected chi connectivity index (χ3v) is 24.7. The smallest absolute Gasteiger partial charge is 0.138 e. The molecule has 0 aliphatic carbocycles. The maximum Gasteiger partial charge on any atom is 0.138 e. The Balaban J connectivity index is 0.000000114. The van der Waals surface area contributed by atoms with Crippen molar-refractivity contribution < 1.29 is 13.3 Å². The molecule has 552 valence electrons. The van der Waals surface area contributed by atoms with Crippen LogP contribution in [0.1, 0.15) is 191 Å². The van der Waals surface area contributed by atoms with Gasteiger partial charge in [-0.15, -0.1) is 34.0 Å². The van der Waals surface area contributed by atoms with E-state index in [1.165, 1.54) is 160 Å². The molecule has 0 unspecified atom stereocenters. The summed E-state index contributed by atoms with van der Waals surface area (Å²) in [5.41, 5.74) is 23.6. The molecule has 0 saturated heterocycles. The van der Waals surface area contributed by atoms with Gasteiger partial charge >= 0.3 is 0 Å². The minimum Gasteiger partial charge on any atom is -0.456 e. The minimum absolute atomic E-state index is 0.150. The fourth-order valence-corrected chi connectivity index (χ4v) is 20.1. The van der Waals surface area contributed by atoms with Gasteiger partial charge in [-0.2, -0.15) is 0 Å². The highest BCUT2D eigenvalue weighted by atomic mass is 32.1. The van der Waals surface area contributed by atoms with E-state index in [9.17, 15) is 0 Å². The van der Waals surface area contributed by atoms with Crippen molar-refractivity contribution in [2.75, 3.05) is 0 Å². The first-order valence-corrected chi connectivity index (χ1v) is 40.8. The van der Waals surface area contributed by atoms with Crippen LogP contribution in [0.15, 0.2) is 232 Å². The van der Waals surface area contributed by atoms with Crippen LogP contribution in [-0.2, 0) is 32.5 Å². The molecule has 0 fully saturated rings. The van der Waals surface area contributed by atoms with Gasteiger partial charge in [-0.1, -0.05) is 258 Å². The molecule has 108 heavy (non-hydrogen) atoms. The number of aryl methyl sites for hydroxylation is 6. The Kier molecular flexibility index (Phi) is 20.8. The summed E-state index contributed by atoms with van der Waals surface area (Å²) in [7, 11) is 0. The van der Waals surface area contributed by atoms with Crippen LogP contribution in [0.2, 0.25) is 0 Å². The maximum absolute atomic E-state index is 6.02. The van der Waals surface area contributed by atoms with E-state index in [-0.39, 0.29) is 32.5 Å². The number of fused-ring (bicyclic) bond motifs is 18. The molecule has 6 heteroatoms. The predicted molar refractivity (Wildman–Crippen MR) is 480 cm³/mol. The third-order valence-electron chi connectivity index (χ3n) is 21.2. The quantitative estimate of drug-likeness (QED) is 0.152. The van der Waals surface area contributed by atoms with Crippen LogP contribution < -0.4 is 0 Å². The van der Waals surface area contributed by atoms with Crippen LogP contribution in [-0.4, -0.2) is 0 Å². The van der Waals surface area contributed by atoms with E-state index in [1.54, 1.807) is 0 Å². The van der Waals surface area contributed by atoms with Crippen LogP contribution in [0.5, 0.6) is 0 Å². The first-order valence-electron chi connectivity index (χ1n) is 38.4. The van der Waals surface area contributed by atoms with Crippen molar-refractivity contribution in [1.82, 2.24) is 0 Å². The second-order valence-corrected chi connectivity index (χ2v) is 39.2. The average Bonchev–Trinajstić information content (AvgIpc) is 1.64. The fraction of sp³-hybridized carbons (Fsp3) is 0.294. The van der Waals surface area contributed by atoms with Crippen LogP contribution in [0, 0.1) is 41.5 Å². The van der Waals surface area contributed by atoms with Gasteiger partial charge in [-0.3, -0.25) is 0 Å². The number of thiophene rings is 3. The molecule has 6 aromatic heterocycles. The summed E-state index contributed by atoms with van der Waals surface area (Å²) in [6, 6.07) is 78.1. The lowest BCUT2D eigenvalue weighted by atomic mass is 9.83. The molecule has 0 aliphatic heterocycles. The van der Waals surface area contributed by atoms with Crippen molar-refractivity contribution in [3.63, 3.8) is 0 Å². The minimum atomic E-state index is 0.150. The van der Waals surface area contributed by atoms with Crippen molar-refractivity contribution in [1.29, 1.82) is 0 Å². The van der Waals surface area contributed by atoms with Gasteiger partial charge in [0.05, 0.1) is 0 Å². The van der Waals surface area contributed by atoms with E-state index in [4.69, 9.17) is 13.3 Å². The van der Waals surface area contributed by atoms with Crippen LogP contribution in [0.4, 0.5) is 0 Å². The van der Waals surface area contributed by atoms with Gasteiger partial charge in [0.25, 0.3) is 0 Å². The molecule has 18 rings (SSSR count). The van der Waals surface area contributed by atoms with Crippen molar-refractivity contribution >= 4 is 160 Å². The summed E-state index contributed by atoms with van der Waals surface area (Å²) in [4.78, 5) is 0. The lowest BCUT2D eigenvalue weighted by Gasteiger charge is -2.22. The summed E-state index contributed by atoms with van der Waals surface area (Å²) in [6.07, 6.45) is 0. The molecule has 0 amide bonds. The van der Waals surface area contributed by atoms with Crippen LogP contribution >= 0.6 is 34.0 Å². The van der Waals surface area contributed by atoms with Crippen molar-refractivity contribution in [3.05, 3.63) is 285 Å². The van der Waals surface area contributed by atoms with Gasteiger partial charge in [0, 0.05) is 92.8 Å². The Morgan fingerprint density at radius 2 is 0.556 bits per heavy atom. The zero-order valence-corrected chi connectivity index (χ0v) is 70.7. The van der Waals surface area contributed by atoms with Gasteiger partial charge in [0.15, 0.2) is 0 Å². The average molecular weight is 1480 g/mol. The molecule has 18 aromatic rings. The first-order chi connectivity index (χ1) is 50.8. The summed E-state index contributed by atoms with van der Waals surface area (Å²) in [5.74, 6) is 0. The van der Waals surface area contributed by atoms with Gasteiger partial charge < -0.3 is 13.3 Å². The Labute approximate surface area is 652 Å². The molecule has 0 bridgehead atoms. The zero-order valence-electron chi connectivity index (χ0n) is 68.2. The van der Waals surface area contributed by atoms with Crippen molar-refractivity contribution in [2.24, 2.45) is 0 Å². The number of furan rings is 3. The Morgan fingerprint density at radius 1 is 0.213 bits per heavy atom. The molecule has 0 atom stereocenters. The molecule has 12 aromatic carbocycles. The molecule has 0 spiro atoms. The monoisotopic (exact) mass is 1480 g/mol. The number of hydrogen-bond donors (Lipinski definition) is 0. The van der Waals surface area contributed by atoms with Gasteiger partial charge in [-0.05, 0) is 226 Å². The number of para-hydroxylation sites is 3. The second kappa shape index (κ2) is 29.3. The van der Waals surface area contributed by atoms with E-state index in [0.29, 0.717) is 0 Å². The molecule has 0 aliphatic rings. The van der Waals surface area contributed by atoms with E-state index >= 15 is 0 Å². The molecule has 0 N–H and O–H groups in total. The van der Waals surface area contributed by atoms with E-state index in [1.807, 2.05) is 70.4 Å². The summed E-state index contributed by atoms with van der Waals surface area (Å²) < 4.78 is 26.3. The number of hydrogen-bond acceptors (Lipinski definition) is 6. The SMILES string of the molecule is Cc1c(C(C)(C)C)ccc2c1oc1ccccc12.Cc1cc2c(cc1C(C)(C)C)oc1ccccc12.Cc1cc2c(cc1C(C)(C)C)sc1ccccc12.Cc1cc2oc3ccccc3c2cc1C(C)(C)C.Cc1cc2sc3ccccc3c2cc1C(C)(C)C.Cc1ccc2c(sc3ccccc32)c1C(C)(C)C. The van der Waals surface area contributed by atoms with Crippen molar-refractivity contribution in [3.8, 4) is 0 Å². The highest BCUT2D eigenvalue weighted by Gasteiger charge is 2.26. The molecule has 0 saturated carbocycles. The molecular formula is C102H108O3S3. The third kappa shape index (κ3) is 15.5. The number of rotatable bonds is 0. The highest BCUT2D eigenvalue weighted by Crippen LogP contribution is 2.45. The van der Waals surface area contributed by atoms with Crippen molar-refractivity contribution in [2.45, 2.75) is 199 Å². The molecular weight excluding hydrogens is 1370 g/mol. The Hall–Kier alpha value is -9.30. The van der Waals surface area contributed by atoms with Crippen LogP contribution in [0.3, 0.4) is 0 Å². The summed E-state index contributed by atoms with van der Waals surface area (Å²) in [5, 5.41) is 15.7. The first kappa shape index (κ1) is 76.9. The predicted octanol–water partition coefficient (Wildman–Crippen LogP) is 32.6. The highest BCUT2D eigenvalue weighted by molar-refractivity contribution is 7.26. The van der Waals surface area contributed by atoms with Gasteiger partial charge in [-0.25, -0.2) is 0 Å². The molecule has 3 nitrogen and oxygen atoms in total. The standard InChI is InChI=1S/3C17H18O.3C17H18S/c1-11-9-16-13(10-14(11)17(2,3)4)12-7-5-6-8-15(12)18-16;1-11-9-13-12-7-5-6-8-15(12)18-16(13)10-14(11)17(2,3)4;1-11-14(17(2,3)4)10-9-13-12-7-5-6-8-15(12)18-16(11)13;1-11-9-16-13(10-14(11)17(2,3)4)12-7-5-6-8-15(12)18-16;1-11-9-13-12-7-5-6-8-15(12)18-16(13)10-14(11)17(2,3)4;1-11-9-10-13-12-7-5-6-8-14(12)18-16(13)15(11)17(2,3)4/h6*5-10H,1-4H3. The van der Waals surface area contributed by atoms with Gasteiger partial charge in [0.2, 0.25) is 0 Å². The van der Waals surface area contributed by atoms with Crippen LogP contribution in [0.25, 0.3) is 126 Å². The molecule has 0 radical (unpaired) electrons. The topological polar surface area (TPSA) is 39.4 Å². The number of benzene rings is 12. The second-order valence-electron chi connectivity index (χ2n) is 36.0. The van der Waals surface area contributed by atoms with Gasteiger partial charge in [0.1, 0.15) is 33.5 Å². The fourth-order valence-electron chi connectivity index (χ4n) is 16.3. The normalized spacial score (nSPS) is 12.4. The summed E-state index contributed by atoms with van der Waals surface area (Å²) >= 11 is 5.73.